The normalized spacial score (nSPS) is 24.7. The number of carbonyl (C=O) groups is 1. The molecule has 0 saturated heterocycles. The van der Waals surface area contributed by atoms with Crippen molar-refractivity contribution in [2.45, 2.75) is 65.6 Å². The first-order chi connectivity index (χ1) is 11.0. The summed E-state index contributed by atoms with van der Waals surface area (Å²) in [5.41, 5.74) is 1.19. The van der Waals surface area contributed by atoms with Gasteiger partial charge in [0.2, 0.25) is 5.91 Å². The molecule has 1 amide bonds. The van der Waals surface area contributed by atoms with Crippen LogP contribution in [0.5, 0.6) is 0 Å². The predicted molar refractivity (Wildman–Crippen MR) is 96.1 cm³/mol. The van der Waals surface area contributed by atoms with Crippen LogP contribution >= 0.6 is 0 Å². The summed E-state index contributed by atoms with van der Waals surface area (Å²) in [5, 5.41) is 3.53. The van der Waals surface area contributed by atoms with Crippen LogP contribution < -0.4 is 5.32 Å². The first-order valence-corrected chi connectivity index (χ1v) is 9.05. The molecule has 1 N–H and O–H groups in total. The lowest BCUT2D eigenvalue weighted by molar-refractivity contribution is -0.132. The van der Waals surface area contributed by atoms with Gasteiger partial charge < -0.3 is 10.2 Å². The number of nitrogens with zero attached hydrogens (tertiary/aromatic N) is 1. The number of hydrogen-bond donors (Lipinski definition) is 1. The van der Waals surface area contributed by atoms with Crippen molar-refractivity contribution in [1.82, 2.24) is 10.2 Å². The molecule has 1 aromatic carbocycles. The van der Waals surface area contributed by atoms with Crippen LogP contribution in [0.4, 0.5) is 0 Å². The molecule has 1 fully saturated rings. The average Bonchev–Trinajstić information content (AvgIpc) is 2.54. The van der Waals surface area contributed by atoms with E-state index >= 15 is 0 Å². The Kier molecular flexibility index (Phi) is 6.64. The van der Waals surface area contributed by atoms with Gasteiger partial charge in [0.25, 0.3) is 0 Å². The van der Waals surface area contributed by atoms with Gasteiger partial charge in [-0.3, -0.25) is 4.79 Å². The molecule has 23 heavy (non-hydrogen) atoms. The van der Waals surface area contributed by atoms with Crippen molar-refractivity contribution in [1.29, 1.82) is 0 Å². The van der Waals surface area contributed by atoms with E-state index in [9.17, 15) is 4.79 Å². The number of amides is 1. The van der Waals surface area contributed by atoms with E-state index in [2.05, 4.69) is 45.1 Å². The molecule has 0 spiro atoms. The second-order valence-corrected chi connectivity index (χ2v) is 7.36. The Morgan fingerprint density at radius 1 is 1.22 bits per heavy atom. The van der Waals surface area contributed by atoms with Crippen LogP contribution in [-0.2, 0) is 11.3 Å². The molecule has 1 aromatic rings. The Morgan fingerprint density at radius 3 is 2.57 bits per heavy atom. The summed E-state index contributed by atoms with van der Waals surface area (Å²) in [6.07, 6.45) is 3.79. The molecule has 3 nitrogen and oxygen atoms in total. The van der Waals surface area contributed by atoms with Crippen LogP contribution in [-0.4, -0.2) is 29.4 Å². The first kappa shape index (κ1) is 18.0. The Labute approximate surface area is 141 Å². The summed E-state index contributed by atoms with van der Waals surface area (Å²) in [6.45, 7) is 9.97. The highest BCUT2D eigenvalue weighted by Gasteiger charge is 2.27. The van der Waals surface area contributed by atoms with Gasteiger partial charge in [0.1, 0.15) is 0 Å². The Hall–Kier alpha value is -1.35. The lowest BCUT2D eigenvalue weighted by atomic mass is 9.78. The predicted octanol–water partition coefficient (Wildman–Crippen LogP) is 3.84. The van der Waals surface area contributed by atoms with Crippen LogP contribution in [0, 0.1) is 11.8 Å². The van der Waals surface area contributed by atoms with Crippen LogP contribution in [0.2, 0.25) is 0 Å². The molecule has 1 aliphatic rings. The van der Waals surface area contributed by atoms with Crippen LogP contribution in [0.15, 0.2) is 30.3 Å². The van der Waals surface area contributed by atoms with Gasteiger partial charge in [0, 0.05) is 18.6 Å². The molecule has 128 valence electrons. The largest absolute Gasteiger partial charge is 0.335 e. The van der Waals surface area contributed by atoms with Crippen LogP contribution in [0.1, 0.15) is 52.5 Å². The highest BCUT2D eigenvalue weighted by atomic mass is 16.2. The average molecular weight is 316 g/mol. The van der Waals surface area contributed by atoms with Crippen molar-refractivity contribution < 1.29 is 4.79 Å². The number of benzene rings is 1. The molecular weight excluding hydrogens is 284 g/mol. The number of hydrogen-bond acceptors (Lipinski definition) is 2. The molecule has 1 aliphatic carbocycles. The van der Waals surface area contributed by atoms with Gasteiger partial charge in [-0.15, -0.1) is 0 Å². The van der Waals surface area contributed by atoms with Gasteiger partial charge in [-0.25, -0.2) is 0 Å². The van der Waals surface area contributed by atoms with Crippen molar-refractivity contribution in [2.24, 2.45) is 11.8 Å². The molecule has 0 bridgehead atoms. The van der Waals surface area contributed by atoms with E-state index in [1.54, 1.807) is 0 Å². The summed E-state index contributed by atoms with van der Waals surface area (Å²) < 4.78 is 0. The summed E-state index contributed by atoms with van der Waals surface area (Å²) in [4.78, 5) is 14.7. The number of nitrogens with one attached hydrogen (secondary N) is 1. The zero-order valence-electron chi connectivity index (χ0n) is 15.1. The van der Waals surface area contributed by atoms with Gasteiger partial charge in [-0.2, -0.15) is 0 Å². The van der Waals surface area contributed by atoms with E-state index in [0.717, 1.165) is 5.92 Å². The summed E-state index contributed by atoms with van der Waals surface area (Å²) >= 11 is 0. The highest BCUT2D eigenvalue weighted by Crippen LogP contribution is 2.29. The maximum atomic E-state index is 12.7. The van der Waals surface area contributed by atoms with Gasteiger partial charge in [0.15, 0.2) is 0 Å². The molecule has 0 unspecified atom stereocenters. The zero-order valence-corrected chi connectivity index (χ0v) is 15.1. The van der Waals surface area contributed by atoms with E-state index in [4.69, 9.17) is 0 Å². The third kappa shape index (κ3) is 5.07. The molecule has 0 aromatic heterocycles. The fourth-order valence-electron chi connectivity index (χ4n) is 3.53. The quantitative estimate of drug-likeness (QED) is 0.865. The van der Waals surface area contributed by atoms with E-state index in [0.29, 0.717) is 25.0 Å². The van der Waals surface area contributed by atoms with Crippen LogP contribution in [0.25, 0.3) is 0 Å². The monoisotopic (exact) mass is 316 g/mol. The fourth-order valence-corrected chi connectivity index (χ4v) is 3.53. The van der Waals surface area contributed by atoms with E-state index in [-0.39, 0.29) is 11.9 Å². The third-order valence-electron chi connectivity index (χ3n) is 5.36. The Morgan fingerprint density at radius 2 is 1.91 bits per heavy atom. The second kappa shape index (κ2) is 8.49. The molecule has 3 atom stereocenters. The van der Waals surface area contributed by atoms with Crippen molar-refractivity contribution in [2.75, 3.05) is 6.54 Å². The third-order valence-corrected chi connectivity index (χ3v) is 5.36. The smallest absolute Gasteiger partial charge is 0.237 e. The maximum absolute atomic E-state index is 12.7. The molecule has 2 rings (SSSR count). The van der Waals surface area contributed by atoms with Crippen molar-refractivity contribution in [3.63, 3.8) is 0 Å². The molecule has 3 heteroatoms. The maximum Gasteiger partial charge on any atom is 0.237 e. The van der Waals surface area contributed by atoms with E-state index in [1.807, 2.05) is 23.1 Å². The molecule has 0 heterocycles. The fraction of sp³-hybridized carbons (Fsp3) is 0.650. The lowest BCUT2D eigenvalue weighted by Crippen LogP contribution is -2.47. The SMILES string of the molecule is CC(C)N(Cc1ccccc1)C(=O)CN[C@H]1CCC[C@@H](C)[C@H]1C. The summed E-state index contributed by atoms with van der Waals surface area (Å²) in [7, 11) is 0. The Balaban J connectivity index is 1.91. The standard InChI is InChI=1S/C20H32N2O/c1-15(2)22(14-18-10-6-5-7-11-18)20(23)13-21-19-12-8-9-16(3)17(19)4/h5-7,10-11,15-17,19,21H,8-9,12-14H2,1-4H3/t16-,17-,19+/m1/s1. The van der Waals surface area contributed by atoms with E-state index < -0.39 is 0 Å². The van der Waals surface area contributed by atoms with Gasteiger partial charge in [-0.1, -0.05) is 57.0 Å². The number of carbonyl (C=O) groups excluding carboxylic acids is 1. The molecule has 1 saturated carbocycles. The van der Waals surface area contributed by atoms with Gasteiger partial charge >= 0.3 is 0 Å². The topological polar surface area (TPSA) is 32.3 Å². The second-order valence-electron chi connectivity index (χ2n) is 7.36. The number of rotatable bonds is 6. The van der Waals surface area contributed by atoms with E-state index in [1.165, 1.54) is 24.8 Å². The van der Waals surface area contributed by atoms with Crippen LogP contribution in [0.3, 0.4) is 0 Å². The van der Waals surface area contributed by atoms with Gasteiger partial charge in [-0.05, 0) is 37.7 Å². The zero-order chi connectivity index (χ0) is 16.8. The molecular formula is C20H32N2O. The van der Waals surface area contributed by atoms with Crippen molar-refractivity contribution in [3.8, 4) is 0 Å². The molecule has 0 aliphatic heterocycles. The Bertz CT molecular complexity index is 486. The van der Waals surface area contributed by atoms with Gasteiger partial charge in [0.05, 0.1) is 6.54 Å². The minimum absolute atomic E-state index is 0.203. The lowest BCUT2D eigenvalue weighted by Gasteiger charge is -2.35. The minimum atomic E-state index is 0.203. The minimum Gasteiger partial charge on any atom is -0.335 e. The highest BCUT2D eigenvalue weighted by molar-refractivity contribution is 5.78. The first-order valence-electron chi connectivity index (χ1n) is 9.05. The summed E-state index contributed by atoms with van der Waals surface area (Å²) in [5.74, 6) is 1.61. The molecule has 0 radical (unpaired) electrons. The van der Waals surface area contributed by atoms with Crippen molar-refractivity contribution >= 4 is 5.91 Å². The summed E-state index contributed by atoms with van der Waals surface area (Å²) in [6, 6.07) is 10.9. The van der Waals surface area contributed by atoms with Crippen molar-refractivity contribution in [3.05, 3.63) is 35.9 Å².